The second-order valence-electron chi connectivity index (χ2n) is 13.9. The molecule has 0 aromatic carbocycles. The predicted molar refractivity (Wildman–Crippen MR) is 176 cm³/mol. The lowest BCUT2D eigenvalue weighted by Gasteiger charge is -2.43. The average Bonchev–Trinajstić information content (AvgIpc) is 3.57. The van der Waals surface area contributed by atoms with E-state index in [-0.39, 0.29) is 12.4 Å². The van der Waals surface area contributed by atoms with Crippen molar-refractivity contribution in [3.05, 3.63) is 11.8 Å². The Morgan fingerprint density at radius 1 is 0.957 bits per heavy atom. The van der Waals surface area contributed by atoms with Crippen molar-refractivity contribution in [2.24, 2.45) is 0 Å². The van der Waals surface area contributed by atoms with Gasteiger partial charge in [-0.1, -0.05) is 66.2 Å². The van der Waals surface area contributed by atoms with Crippen LogP contribution in [0.2, 0.25) is 0 Å². The Bertz CT molecular complexity index is 1240. The molecule has 3 heterocycles. The summed E-state index contributed by atoms with van der Waals surface area (Å²) in [6.45, 7) is 14.8. The minimum Gasteiger partial charge on any atom is -0.444 e. The summed E-state index contributed by atoms with van der Waals surface area (Å²) < 4.78 is 49.6. The van der Waals surface area contributed by atoms with Crippen LogP contribution in [0.3, 0.4) is 0 Å². The molecule has 2 bridgehead atoms. The lowest BCUT2D eigenvalue weighted by atomic mass is 9.82. The van der Waals surface area contributed by atoms with E-state index < -0.39 is 45.7 Å². The highest BCUT2D eigenvalue weighted by Gasteiger charge is 2.50. The van der Waals surface area contributed by atoms with Gasteiger partial charge in [0.15, 0.2) is 0 Å². The van der Waals surface area contributed by atoms with Crippen molar-refractivity contribution in [2.75, 3.05) is 26.7 Å². The van der Waals surface area contributed by atoms with Gasteiger partial charge in [0.2, 0.25) is 11.8 Å². The van der Waals surface area contributed by atoms with Crippen LogP contribution in [0.25, 0.3) is 0 Å². The first-order chi connectivity index (χ1) is 22.2. The Morgan fingerprint density at radius 2 is 1.62 bits per heavy atom. The van der Waals surface area contributed by atoms with E-state index in [9.17, 15) is 18.0 Å². The van der Waals surface area contributed by atoms with Gasteiger partial charge < -0.3 is 19.0 Å². The second-order valence-corrected chi connectivity index (χ2v) is 15.0. The summed E-state index contributed by atoms with van der Waals surface area (Å²) in [6.07, 6.45) is 9.71. The van der Waals surface area contributed by atoms with Crippen molar-refractivity contribution in [3.8, 4) is 0 Å². The largest absolute Gasteiger partial charge is 0.444 e. The van der Waals surface area contributed by atoms with E-state index in [1.54, 1.807) is 32.9 Å². The molecule has 0 aliphatic carbocycles. The van der Waals surface area contributed by atoms with Crippen LogP contribution < -0.4 is 0 Å². The van der Waals surface area contributed by atoms with E-state index >= 15 is 0 Å². The average molecular weight is 687 g/mol. The molecule has 15 heteroatoms. The molecule has 1 aromatic rings. The molecule has 0 N–H and O–H groups in total. The number of ether oxygens (including phenoxy) is 1. The maximum atomic E-state index is 13.5. The summed E-state index contributed by atoms with van der Waals surface area (Å²) in [4.78, 5) is 28.8. The predicted octanol–water partition coefficient (Wildman–Crippen LogP) is 6.55. The fraction of sp³-hybridized carbons (Fsp3) is 0.875. The quantitative estimate of drug-likeness (QED) is 0.138. The molecule has 3 rings (SSSR count). The number of carbonyl (C=O) groups is 2. The van der Waals surface area contributed by atoms with Gasteiger partial charge >= 0.3 is 22.5 Å². The smallest absolute Gasteiger partial charge is 0.437 e. The Kier molecular flexibility index (Phi) is 14.3. The molecule has 1 aromatic heterocycles. The number of amides is 3. The van der Waals surface area contributed by atoms with E-state index in [1.807, 2.05) is 0 Å². The number of unbranched alkanes of at least 4 members (excludes halogenated alkanes) is 3. The number of hydroxylamine groups is 4. The molecule has 0 radical (unpaired) electrons. The highest BCUT2D eigenvalue weighted by Crippen LogP contribution is 2.39. The van der Waals surface area contributed by atoms with Gasteiger partial charge in [0.25, 0.3) is 0 Å². The minimum absolute atomic E-state index is 0.254. The van der Waals surface area contributed by atoms with Crippen molar-refractivity contribution >= 4 is 22.5 Å². The zero-order valence-electron chi connectivity index (χ0n) is 29.8. The van der Waals surface area contributed by atoms with Gasteiger partial charge in [-0.3, -0.25) is 0 Å². The number of carbonyl (C=O) groups excluding carboxylic acids is 2. The number of urea groups is 1. The third-order valence-corrected chi connectivity index (χ3v) is 9.47. The summed E-state index contributed by atoms with van der Waals surface area (Å²) in [5.41, 5.74) is -1.05. The molecule has 0 spiro atoms. The number of nitrogens with zero attached hydrogens (tertiary/aromatic N) is 6. The zero-order valence-corrected chi connectivity index (χ0v) is 30.6. The van der Waals surface area contributed by atoms with Crippen molar-refractivity contribution in [1.82, 2.24) is 30.1 Å². The molecule has 270 valence electrons. The number of hydrogen-bond acceptors (Lipinski definition) is 11. The lowest BCUT2D eigenvalue weighted by Crippen LogP contribution is -2.51. The van der Waals surface area contributed by atoms with Crippen LogP contribution in [0.15, 0.2) is 4.42 Å². The maximum Gasteiger partial charge on any atom is 0.437 e. The van der Waals surface area contributed by atoms with Crippen LogP contribution in [0.1, 0.15) is 143 Å². The Hall–Kier alpha value is -2.49. The fourth-order valence-corrected chi connectivity index (χ4v) is 7.15. The highest BCUT2D eigenvalue weighted by atomic mass is 32.3. The Morgan fingerprint density at radius 3 is 2.21 bits per heavy atom. The summed E-state index contributed by atoms with van der Waals surface area (Å²) >= 11 is 0. The molecule has 2 fully saturated rings. The SMILES string of the molecule is CCCCN(OS(=O)(=O)ON1C(=O)N2CC1CC[C@H]2c1nnc(CCN(C)C(=O)OC(C)(C)C)o1)C(CCC)(CCCC)CCCC. The van der Waals surface area contributed by atoms with E-state index in [0.29, 0.717) is 38.2 Å². The summed E-state index contributed by atoms with van der Waals surface area (Å²) in [6, 6.07) is -1.58. The molecule has 0 saturated carbocycles. The first kappa shape index (κ1) is 39.0. The van der Waals surface area contributed by atoms with Crippen LogP contribution in [0.4, 0.5) is 9.59 Å². The number of hydrogen-bond donors (Lipinski definition) is 0. The lowest BCUT2D eigenvalue weighted by molar-refractivity contribution is -0.172. The van der Waals surface area contributed by atoms with Gasteiger partial charge in [-0.2, -0.15) is 22.8 Å². The fourth-order valence-electron chi connectivity index (χ4n) is 6.29. The first-order valence-corrected chi connectivity index (χ1v) is 18.8. The third-order valence-electron chi connectivity index (χ3n) is 8.76. The van der Waals surface area contributed by atoms with Gasteiger partial charge in [-0.25, -0.2) is 9.59 Å². The van der Waals surface area contributed by atoms with Gasteiger partial charge in [0.05, 0.1) is 6.04 Å². The monoisotopic (exact) mass is 686 g/mol. The number of fused-ring (bicyclic) bond motifs is 2. The van der Waals surface area contributed by atoms with E-state index in [1.165, 1.54) is 9.80 Å². The van der Waals surface area contributed by atoms with Crippen molar-refractivity contribution in [2.45, 2.75) is 155 Å². The molecular formula is C32H58N6O8S. The van der Waals surface area contributed by atoms with Crippen LogP contribution in [0.5, 0.6) is 0 Å². The Labute approximate surface area is 281 Å². The van der Waals surface area contributed by atoms with E-state index in [2.05, 4.69) is 37.9 Å². The third kappa shape index (κ3) is 10.8. The van der Waals surface area contributed by atoms with Crippen molar-refractivity contribution in [3.63, 3.8) is 0 Å². The molecule has 47 heavy (non-hydrogen) atoms. The van der Waals surface area contributed by atoms with Gasteiger partial charge in [0, 0.05) is 38.6 Å². The zero-order chi connectivity index (χ0) is 34.8. The van der Waals surface area contributed by atoms with Gasteiger partial charge in [0.1, 0.15) is 11.6 Å². The molecule has 2 aliphatic heterocycles. The minimum atomic E-state index is -4.62. The molecule has 2 aliphatic rings. The standard InChI is InChI=1S/C32H58N6O8S/c1-9-13-20-32(19-12-4,21-14-10-2)37(22-15-11-3)45-47(41,42)46-38-25-16-17-26(36(24-25)29(38)39)28-34-33-27(43-28)18-23-35(8)30(40)44-31(5,6)7/h25-26H,9-24H2,1-8H3/t25?,26-/m0/s1. The maximum absolute atomic E-state index is 13.5. The normalized spacial score (nSPS) is 18.8. The number of rotatable bonds is 20. The number of piperidine rings is 1. The molecule has 14 nitrogen and oxygen atoms in total. The number of likely N-dealkylation sites (N-methyl/N-ethyl adjacent to an activating group) is 1. The molecule has 2 atom stereocenters. The highest BCUT2D eigenvalue weighted by molar-refractivity contribution is 7.81. The van der Waals surface area contributed by atoms with Crippen LogP contribution in [-0.2, 0) is 30.1 Å². The van der Waals surface area contributed by atoms with Crippen LogP contribution in [-0.4, -0.2) is 94.5 Å². The summed E-state index contributed by atoms with van der Waals surface area (Å²) in [5.74, 6) is 0.580. The number of aromatic nitrogens is 2. The first-order valence-electron chi connectivity index (χ1n) is 17.5. The van der Waals surface area contributed by atoms with E-state index in [0.717, 1.165) is 69.3 Å². The summed E-state index contributed by atoms with van der Waals surface area (Å²) in [5, 5.41) is 10.9. The van der Waals surface area contributed by atoms with Gasteiger partial charge in [-0.15, -0.1) is 14.5 Å². The van der Waals surface area contributed by atoms with Gasteiger partial charge in [-0.05, 0) is 59.3 Å². The van der Waals surface area contributed by atoms with Crippen LogP contribution in [0, 0.1) is 0 Å². The summed E-state index contributed by atoms with van der Waals surface area (Å²) in [7, 11) is -2.99. The molecule has 2 saturated heterocycles. The van der Waals surface area contributed by atoms with Crippen LogP contribution >= 0.6 is 0 Å². The molecule has 3 amide bonds. The molecule has 1 unspecified atom stereocenters. The molecular weight excluding hydrogens is 628 g/mol. The second kappa shape index (κ2) is 17.3. The van der Waals surface area contributed by atoms with E-state index in [4.69, 9.17) is 17.7 Å². The topological polar surface area (TPSA) is 148 Å². The van der Waals surface area contributed by atoms with Crippen molar-refractivity contribution in [1.29, 1.82) is 0 Å². The van der Waals surface area contributed by atoms with Crippen molar-refractivity contribution < 1.29 is 35.7 Å². The Balaban J connectivity index is 1.70.